The van der Waals surface area contributed by atoms with E-state index in [2.05, 4.69) is 38.9 Å². The molecule has 0 aliphatic heterocycles. The molecule has 1 amide bonds. The molecule has 0 aromatic carbocycles. The lowest BCUT2D eigenvalue weighted by Gasteiger charge is -2.20. The van der Waals surface area contributed by atoms with Crippen LogP contribution in [-0.2, 0) is 4.79 Å². The van der Waals surface area contributed by atoms with Gasteiger partial charge in [-0.05, 0) is 37.1 Å². The molecule has 0 saturated heterocycles. The number of aromatic nitrogens is 3. The Morgan fingerprint density at radius 2 is 2.22 bits per heavy atom. The molecule has 0 fully saturated rings. The van der Waals surface area contributed by atoms with Crippen LogP contribution in [0.5, 0.6) is 0 Å². The number of amides is 1. The van der Waals surface area contributed by atoms with E-state index in [-0.39, 0.29) is 17.7 Å². The maximum absolute atomic E-state index is 12.5. The maximum atomic E-state index is 12.5. The van der Waals surface area contributed by atoms with Crippen LogP contribution in [0.15, 0.2) is 53.8 Å². The number of allylic oxidation sites excluding steroid dienone is 8. The Morgan fingerprint density at radius 1 is 1.34 bits per heavy atom. The molecular formula is C24H27BClN5O. The van der Waals surface area contributed by atoms with Gasteiger partial charge in [0.2, 0.25) is 5.91 Å². The second-order valence-corrected chi connectivity index (χ2v) is 8.65. The van der Waals surface area contributed by atoms with E-state index in [0.717, 1.165) is 47.8 Å². The lowest BCUT2D eigenvalue weighted by Crippen LogP contribution is -2.34. The lowest BCUT2D eigenvalue weighted by molar-refractivity contribution is -0.125. The summed E-state index contributed by atoms with van der Waals surface area (Å²) in [5.74, 6) is 1.10. The molecule has 2 N–H and O–H groups in total. The van der Waals surface area contributed by atoms with Crippen molar-refractivity contribution in [2.45, 2.75) is 32.6 Å². The molecule has 0 saturated carbocycles. The second-order valence-electron chi connectivity index (χ2n) is 8.19. The van der Waals surface area contributed by atoms with Crippen molar-refractivity contribution < 1.29 is 4.79 Å². The first-order chi connectivity index (χ1) is 15.5. The average molecular weight is 448 g/mol. The van der Waals surface area contributed by atoms with Crippen LogP contribution in [0, 0.1) is 11.8 Å². The quantitative estimate of drug-likeness (QED) is 0.480. The molecule has 2 radical (unpaired) electrons. The lowest BCUT2D eigenvalue weighted by atomic mass is 9.88. The number of rotatable bonds is 8. The predicted octanol–water partition coefficient (Wildman–Crippen LogP) is 3.51. The summed E-state index contributed by atoms with van der Waals surface area (Å²) in [5, 5.41) is 11.6. The molecule has 2 atom stereocenters. The minimum atomic E-state index is -0.0415. The van der Waals surface area contributed by atoms with Gasteiger partial charge in [-0.15, -0.1) is 0 Å². The molecule has 32 heavy (non-hydrogen) atoms. The molecule has 2 aliphatic carbocycles. The van der Waals surface area contributed by atoms with Gasteiger partial charge in [0.15, 0.2) is 5.65 Å². The standard InChI is InChI=1S/C24H27BClN5O/c1-16(17-8-3-2-4-9-17)24(32)28-13-7-12-27-22-14-21(18-10-5-6-11-20(18)26)30-23-19(25)15-29-31(22)23/h2-5,8,10,14-17,27H,6-7,9,11-13H2,1H3,(H,28,32). The summed E-state index contributed by atoms with van der Waals surface area (Å²) in [7, 11) is 6.08. The molecule has 0 spiro atoms. The number of anilines is 1. The minimum absolute atomic E-state index is 0.0415. The highest BCUT2D eigenvalue weighted by molar-refractivity contribution is 6.36. The number of carbonyl (C=O) groups excluding carboxylic acids is 1. The summed E-state index contributed by atoms with van der Waals surface area (Å²) in [6, 6.07) is 1.94. The number of fused-ring (bicyclic) bond motifs is 1. The summed E-state index contributed by atoms with van der Waals surface area (Å²) in [6.45, 7) is 3.25. The summed E-state index contributed by atoms with van der Waals surface area (Å²) in [6.07, 6.45) is 17.4. The van der Waals surface area contributed by atoms with E-state index in [1.807, 2.05) is 31.2 Å². The van der Waals surface area contributed by atoms with E-state index in [0.29, 0.717) is 24.2 Å². The molecule has 2 aromatic heterocycles. The molecule has 2 unspecified atom stereocenters. The van der Waals surface area contributed by atoms with Gasteiger partial charge in [0.25, 0.3) is 0 Å². The third kappa shape index (κ3) is 4.99. The first-order valence-corrected chi connectivity index (χ1v) is 11.5. The molecule has 2 aliphatic rings. The van der Waals surface area contributed by atoms with E-state index < -0.39 is 0 Å². The van der Waals surface area contributed by atoms with Crippen molar-refractivity contribution in [3.05, 3.63) is 59.4 Å². The van der Waals surface area contributed by atoms with Gasteiger partial charge in [0, 0.05) is 41.9 Å². The number of nitrogens with one attached hydrogen (secondary N) is 2. The van der Waals surface area contributed by atoms with Crippen LogP contribution in [0.25, 0.3) is 11.2 Å². The number of halogens is 1. The van der Waals surface area contributed by atoms with E-state index in [9.17, 15) is 4.79 Å². The Balaban J connectivity index is 1.37. The zero-order valence-electron chi connectivity index (χ0n) is 18.2. The molecule has 4 rings (SSSR count). The van der Waals surface area contributed by atoms with Crippen LogP contribution in [-0.4, -0.2) is 41.4 Å². The summed E-state index contributed by atoms with van der Waals surface area (Å²) in [4.78, 5) is 17.1. The number of hydrogen-bond acceptors (Lipinski definition) is 4. The van der Waals surface area contributed by atoms with Gasteiger partial charge in [0.05, 0.1) is 5.69 Å². The van der Waals surface area contributed by atoms with Crippen molar-refractivity contribution in [2.75, 3.05) is 18.4 Å². The van der Waals surface area contributed by atoms with Crippen molar-refractivity contribution >= 4 is 47.9 Å². The van der Waals surface area contributed by atoms with Crippen molar-refractivity contribution in [2.24, 2.45) is 11.8 Å². The van der Waals surface area contributed by atoms with Crippen molar-refractivity contribution in [1.29, 1.82) is 0 Å². The third-order valence-corrected chi connectivity index (χ3v) is 6.30. The van der Waals surface area contributed by atoms with Gasteiger partial charge >= 0.3 is 0 Å². The fraction of sp³-hybridized carbons (Fsp3) is 0.375. The Bertz CT molecular complexity index is 1120. The van der Waals surface area contributed by atoms with E-state index in [1.54, 1.807) is 10.7 Å². The monoisotopic (exact) mass is 447 g/mol. The van der Waals surface area contributed by atoms with Crippen LogP contribution < -0.4 is 16.1 Å². The van der Waals surface area contributed by atoms with Gasteiger partial charge in [-0.25, -0.2) is 4.98 Å². The Morgan fingerprint density at radius 3 is 3.00 bits per heavy atom. The first kappa shape index (κ1) is 22.4. The highest BCUT2D eigenvalue weighted by Gasteiger charge is 2.21. The molecular weight excluding hydrogens is 421 g/mol. The highest BCUT2D eigenvalue weighted by Crippen LogP contribution is 2.30. The van der Waals surface area contributed by atoms with Gasteiger partial charge in [-0.2, -0.15) is 9.61 Å². The number of nitrogens with zero attached hydrogens (tertiary/aromatic N) is 3. The normalized spacial score (nSPS) is 18.9. The van der Waals surface area contributed by atoms with E-state index in [1.165, 1.54) is 0 Å². The fourth-order valence-electron chi connectivity index (χ4n) is 3.95. The highest BCUT2D eigenvalue weighted by atomic mass is 35.5. The molecule has 2 heterocycles. The van der Waals surface area contributed by atoms with Crippen LogP contribution in [0.2, 0.25) is 0 Å². The Hall–Kier alpha value is -2.80. The summed E-state index contributed by atoms with van der Waals surface area (Å²) >= 11 is 6.46. The smallest absolute Gasteiger partial charge is 0.223 e. The van der Waals surface area contributed by atoms with E-state index >= 15 is 0 Å². The largest absolute Gasteiger partial charge is 0.370 e. The van der Waals surface area contributed by atoms with Crippen LogP contribution in [0.3, 0.4) is 0 Å². The van der Waals surface area contributed by atoms with Crippen molar-refractivity contribution in [3.8, 4) is 0 Å². The summed E-state index contributed by atoms with van der Waals surface area (Å²) in [5.41, 5.74) is 2.79. The molecule has 164 valence electrons. The van der Waals surface area contributed by atoms with Gasteiger partial charge < -0.3 is 10.6 Å². The topological polar surface area (TPSA) is 71.3 Å². The average Bonchev–Trinajstić information content (AvgIpc) is 3.19. The first-order valence-electron chi connectivity index (χ1n) is 11.1. The van der Waals surface area contributed by atoms with Crippen LogP contribution >= 0.6 is 11.6 Å². The number of carbonyl (C=O) groups is 1. The predicted molar refractivity (Wildman–Crippen MR) is 131 cm³/mol. The molecule has 8 heteroatoms. The van der Waals surface area contributed by atoms with Gasteiger partial charge in [-0.1, -0.05) is 55.0 Å². The SMILES string of the molecule is [B]c1cnn2c(NCCCNC(=O)C(C)C3C=CC=CC3)cc(C3=C(Cl)CCC=C3)nc12. The van der Waals surface area contributed by atoms with Gasteiger partial charge in [0.1, 0.15) is 13.7 Å². The Labute approximate surface area is 194 Å². The maximum Gasteiger partial charge on any atom is 0.223 e. The molecule has 2 aromatic rings. The Kier molecular flexibility index (Phi) is 7.15. The number of hydrogen-bond donors (Lipinski definition) is 2. The van der Waals surface area contributed by atoms with E-state index in [4.69, 9.17) is 19.4 Å². The summed E-state index contributed by atoms with van der Waals surface area (Å²) < 4.78 is 1.70. The van der Waals surface area contributed by atoms with Crippen molar-refractivity contribution in [3.63, 3.8) is 0 Å². The molecule has 6 nitrogen and oxygen atoms in total. The minimum Gasteiger partial charge on any atom is -0.370 e. The second kappa shape index (κ2) is 10.2. The fourth-order valence-corrected chi connectivity index (χ4v) is 4.22. The molecule has 0 bridgehead atoms. The van der Waals surface area contributed by atoms with Gasteiger partial charge in [-0.3, -0.25) is 4.79 Å². The third-order valence-electron chi connectivity index (χ3n) is 5.91. The van der Waals surface area contributed by atoms with Crippen molar-refractivity contribution in [1.82, 2.24) is 19.9 Å². The zero-order chi connectivity index (χ0) is 22.5. The zero-order valence-corrected chi connectivity index (χ0v) is 19.0. The van der Waals surface area contributed by atoms with Crippen LogP contribution in [0.1, 0.15) is 38.3 Å². The van der Waals surface area contributed by atoms with Crippen LogP contribution in [0.4, 0.5) is 5.82 Å².